The molecule has 1 N–H and O–H groups in total. The molecule has 0 atom stereocenters. The molecular weight excluding hydrogens is 250 g/mol. The van der Waals surface area contributed by atoms with Crippen molar-refractivity contribution in [3.05, 3.63) is 59.4 Å². The topological polar surface area (TPSA) is 45.2 Å². The summed E-state index contributed by atoms with van der Waals surface area (Å²) in [6.07, 6.45) is 3.47. The average Bonchev–Trinajstić information content (AvgIpc) is 2.47. The van der Waals surface area contributed by atoms with Gasteiger partial charge in [-0.15, -0.1) is 0 Å². The highest BCUT2D eigenvalue weighted by Gasteiger charge is 2.15. The normalized spacial score (nSPS) is 10.2. The lowest BCUT2D eigenvalue weighted by Crippen LogP contribution is -2.26. The monoisotopic (exact) mass is 269 g/mol. The molecule has 104 valence electrons. The third-order valence-electron chi connectivity index (χ3n) is 3.19. The van der Waals surface area contributed by atoms with Gasteiger partial charge in [0.25, 0.3) is 5.91 Å². The molecule has 0 aliphatic rings. The quantitative estimate of drug-likeness (QED) is 0.928. The highest BCUT2D eigenvalue weighted by atomic mass is 16.2. The minimum Gasteiger partial charge on any atom is -0.387 e. The van der Waals surface area contributed by atoms with Crippen LogP contribution in [0.5, 0.6) is 0 Å². The second kappa shape index (κ2) is 6.19. The Morgan fingerprint density at radius 1 is 1.25 bits per heavy atom. The van der Waals surface area contributed by atoms with E-state index in [0.717, 1.165) is 16.8 Å². The fourth-order valence-electron chi connectivity index (χ4n) is 2.09. The smallest absolute Gasteiger partial charge is 0.255 e. The molecule has 2 rings (SSSR count). The number of aromatic nitrogens is 1. The van der Waals surface area contributed by atoms with Crippen LogP contribution >= 0.6 is 0 Å². The van der Waals surface area contributed by atoms with E-state index in [1.165, 1.54) is 0 Å². The van der Waals surface area contributed by atoms with Crippen molar-refractivity contribution in [1.82, 2.24) is 9.88 Å². The number of hydrogen-bond acceptors (Lipinski definition) is 3. The second-order valence-corrected chi connectivity index (χ2v) is 4.82. The van der Waals surface area contributed by atoms with Crippen LogP contribution in [0.2, 0.25) is 0 Å². The minimum absolute atomic E-state index is 0.00571. The molecule has 1 amide bonds. The third kappa shape index (κ3) is 3.15. The maximum Gasteiger partial charge on any atom is 0.255 e. The van der Waals surface area contributed by atoms with Crippen molar-refractivity contribution in [3.63, 3.8) is 0 Å². The summed E-state index contributed by atoms with van der Waals surface area (Å²) in [7, 11) is 3.64. The number of rotatable bonds is 4. The molecule has 4 heteroatoms. The highest BCUT2D eigenvalue weighted by Crippen LogP contribution is 2.19. The van der Waals surface area contributed by atoms with Crippen LogP contribution in [0.3, 0.4) is 0 Å². The van der Waals surface area contributed by atoms with Gasteiger partial charge in [-0.2, -0.15) is 0 Å². The summed E-state index contributed by atoms with van der Waals surface area (Å²) in [6, 6.07) is 9.63. The van der Waals surface area contributed by atoms with Gasteiger partial charge in [-0.05, 0) is 42.3 Å². The van der Waals surface area contributed by atoms with Crippen molar-refractivity contribution in [1.29, 1.82) is 0 Å². The van der Waals surface area contributed by atoms with Gasteiger partial charge in [0.15, 0.2) is 0 Å². The molecule has 1 aromatic carbocycles. The molecule has 0 unspecified atom stereocenters. The molecule has 20 heavy (non-hydrogen) atoms. The Labute approximate surface area is 119 Å². The van der Waals surface area contributed by atoms with Crippen molar-refractivity contribution in [3.8, 4) is 0 Å². The van der Waals surface area contributed by atoms with E-state index in [9.17, 15) is 4.79 Å². The van der Waals surface area contributed by atoms with Gasteiger partial charge in [-0.1, -0.05) is 6.07 Å². The Kier molecular flexibility index (Phi) is 4.35. The lowest BCUT2D eigenvalue weighted by atomic mass is 10.1. The van der Waals surface area contributed by atoms with Gasteiger partial charge in [0.1, 0.15) is 0 Å². The molecule has 0 saturated heterocycles. The molecule has 2 aromatic rings. The van der Waals surface area contributed by atoms with Gasteiger partial charge in [-0.25, -0.2) is 0 Å². The van der Waals surface area contributed by atoms with Gasteiger partial charge in [-0.3, -0.25) is 9.78 Å². The number of carbonyl (C=O) groups is 1. The summed E-state index contributed by atoms with van der Waals surface area (Å²) in [6.45, 7) is 2.58. The lowest BCUT2D eigenvalue weighted by molar-refractivity contribution is 0.0786. The van der Waals surface area contributed by atoms with Crippen molar-refractivity contribution in [2.45, 2.75) is 13.5 Å². The average molecular weight is 269 g/mol. The van der Waals surface area contributed by atoms with Crippen LogP contribution in [0.25, 0.3) is 0 Å². The Bertz CT molecular complexity index is 596. The number of hydrogen-bond donors (Lipinski definition) is 1. The molecule has 0 bridgehead atoms. The fourth-order valence-corrected chi connectivity index (χ4v) is 2.09. The van der Waals surface area contributed by atoms with Crippen molar-refractivity contribution in [2.75, 3.05) is 19.4 Å². The fraction of sp³-hybridized carbons (Fsp3) is 0.250. The Balaban J connectivity index is 2.18. The van der Waals surface area contributed by atoms with Gasteiger partial charge in [0.2, 0.25) is 0 Å². The standard InChI is InChI=1S/C16H19N3O/c1-12-4-5-14(15(10-12)17-2)16(20)19(3)11-13-6-8-18-9-7-13/h4-10,17H,11H2,1-3H3. The largest absolute Gasteiger partial charge is 0.387 e. The molecule has 1 aromatic heterocycles. The Hall–Kier alpha value is -2.36. The summed E-state index contributed by atoms with van der Waals surface area (Å²) in [5, 5.41) is 3.08. The predicted octanol–water partition coefficient (Wildman–Crippen LogP) is 2.70. The van der Waals surface area contributed by atoms with E-state index >= 15 is 0 Å². The number of nitrogens with zero attached hydrogens (tertiary/aromatic N) is 2. The molecule has 0 aliphatic heterocycles. The number of carbonyl (C=O) groups excluding carboxylic acids is 1. The molecule has 1 heterocycles. The van der Waals surface area contributed by atoms with Crippen molar-refractivity contribution >= 4 is 11.6 Å². The first kappa shape index (κ1) is 14.1. The molecule has 0 spiro atoms. The van der Waals surface area contributed by atoms with Gasteiger partial charge in [0.05, 0.1) is 5.56 Å². The van der Waals surface area contributed by atoms with Crippen LogP contribution in [0.1, 0.15) is 21.5 Å². The zero-order chi connectivity index (χ0) is 14.5. The molecule has 4 nitrogen and oxygen atoms in total. The van der Waals surface area contributed by atoms with E-state index in [4.69, 9.17) is 0 Å². The SMILES string of the molecule is CNc1cc(C)ccc1C(=O)N(C)Cc1ccncc1. The van der Waals surface area contributed by atoms with Crippen LogP contribution < -0.4 is 5.32 Å². The maximum absolute atomic E-state index is 12.5. The number of benzene rings is 1. The summed E-state index contributed by atoms with van der Waals surface area (Å²) >= 11 is 0. The van der Waals surface area contributed by atoms with E-state index in [1.807, 2.05) is 51.4 Å². The summed E-state index contributed by atoms with van der Waals surface area (Å²) in [5.41, 5.74) is 3.74. The van der Waals surface area contributed by atoms with E-state index in [2.05, 4.69) is 10.3 Å². The molecule has 0 fully saturated rings. The van der Waals surface area contributed by atoms with E-state index in [0.29, 0.717) is 12.1 Å². The Morgan fingerprint density at radius 3 is 2.60 bits per heavy atom. The number of aryl methyl sites for hydroxylation is 1. The number of pyridine rings is 1. The van der Waals surface area contributed by atoms with Crippen LogP contribution in [0, 0.1) is 6.92 Å². The van der Waals surface area contributed by atoms with Gasteiger partial charge >= 0.3 is 0 Å². The van der Waals surface area contributed by atoms with Crippen LogP contribution in [0.4, 0.5) is 5.69 Å². The highest BCUT2D eigenvalue weighted by molar-refractivity contribution is 5.99. The molecular formula is C16H19N3O. The van der Waals surface area contributed by atoms with Gasteiger partial charge in [0, 0.05) is 38.7 Å². The predicted molar refractivity (Wildman–Crippen MR) is 80.8 cm³/mol. The van der Waals surface area contributed by atoms with Crippen LogP contribution in [-0.2, 0) is 6.54 Å². The van der Waals surface area contributed by atoms with Crippen LogP contribution in [-0.4, -0.2) is 29.9 Å². The zero-order valence-electron chi connectivity index (χ0n) is 12.1. The molecule has 0 saturated carbocycles. The lowest BCUT2D eigenvalue weighted by Gasteiger charge is -2.19. The first-order chi connectivity index (χ1) is 9.61. The maximum atomic E-state index is 12.5. The zero-order valence-corrected chi connectivity index (χ0v) is 12.1. The number of nitrogens with one attached hydrogen (secondary N) is 1. The first-order valence-electron chi connectivity index (χ1n) is 6.54. The summed E-state index contributed by atoms with van der Waals surface area (Å²) in [5.74, 6) is 0.00571. The van der Waals surface area contributed by atoms with Crippen molar-refractivity contribution in [2.24, 2.45) is 0 Å². The number of amides is 1. The molecule has 0 aliphatic carbocycles. The van der Waals surface area contributed by atoms with E-state index in [1.54, 1.807) is 17.3 Å². The van der Waals surface area contributed by atoms with Crippen LogP contribution in [0.15, 0.2) is 42.7 Å². The first-order valence-corrected chi connectivity index (χ1v) is 6.54. The summed E-state index contributed by atoms with van der Waals surface area (Å²) < 4.78 is 0. The Morgan fingerprint density at radius 2 is 1.95 bits per heavy atom. The van der Waals surface area contributed by atoms with E-state index in [-0.39, 0.29) is 5.91 Å². The number of anilines is 1. The minimum atomic E-state index is 0.00571. The van der Waals surface area contributed by atoms with E-state index < -0.39 is 0 Å². The third-order valence-corrected chi connectivity index (χ3v) is 3.19. The van der Waals surface area contributed by atoms with Gasteiger partial charge < -0.3 is 10.2 Å². The second-order valence-electron chi connectivity index (χ2n) is 4.82. The summed E-state index contributed by atoms with van der Waals surface area (Å²) in [4.78, 5) is 18.2. The van der Waals surface area contributed by atoms with Crippen molar-refractivity contribution < 1.29 is 4.79 Å². The molecule has 0 radical (unpaired) electrons.